The fourth-order valence-electron chi connectivity index (χ4n) is 3.66. The van der Waals surface area contributed by atoms with Gasteiger partial charge in [-0.25, -0.2) is 17.8 Å². The second-order valence-corrected chi connectivity index (χ2v) is 9.81. The first kappa shape index (κ1) is 25.2. The summed E-state index contributed by atoms with van der Waals surface area (Å²) in [5.74, 6) is -0.469. The predicted molar refractivity (Wildman–Crippen MR) is 113 cm³/mol. The number of carbonyl (C=O) groups excluding carboxylic acids is 1. The van der Waals surface area contributed by atoms with Crippen LogP contribution in [0.1, 0.15) is 35.6 Å². The first-order valence-electron chi connectivity index (χ1n) is 10.3. The van der Waals surface area contributed by atoms with Gasteiger partial charge < -0.3 is 4.74 Å². The molecule has 0 aromatic heterocycles. The summed E-state index contributed by atoms with van der Waals surface area (Å²) in [5, 5.41) is 10.3. The molecule has 0 bridgehead atoms. The van der Waals surface area contributed by atoms with E-state index in [1.165, 1.54) is 16.4 Å². The second kappa shape index (κ2) is 10.6. The fourth-order valence-corrected chi connectivity index (χ4v) is 5.38. The van der Waals surface area contributed by atoms with E-state index in [0.717, 1.165) is 12.1 Å². The SMILES string of the molecule is O=CN(O)C(CS(=O)(=O)N1CCC(OCc2ccc(C(F)(F)F)cc2)CC1)c1ccccc1. The van der Waals surface area contributed by atoms with Crippen LogP contribution in [0.3, 0.4) is 0 Å². The summed E-state index contributed by atoms with van der Waals surface area (Å²) >= 11 is 0. The monoisotopic (exact) mass is 486 g/mol. The molecule has 0 spiro atoms. The van der Waals surface area contributed by atoms with Gasteiger partial charge in [-0.05, 0) is 36.1 Å². The van der Waals surface area contributed by atoms with E-state index in [1.54, 1.807) is 30.3 Å². The van der Waals surface area contributed by atoms with Crippen LogP contribution in [-0.2, 0) is 32.3 Å². The van der Waals surface area contributed by atoms with Gasteiger partial charge in [-0.2, -0.15) is 13.2 Å². The van der Waals surface area contributed by atoms with Gasteiger partial charge in [0.2, 0.25) is 16.4 Å². The van der Waals surface area contributed by atoms with Crippen LogP contribution in [0.15, 0.2) is 54.6 Å². The summed E-state index contributed by atoms with van der Waals surface area (Å²) in [7, 11) is -3.78. The molecule has 180 valence electrons. The maximum Gasteiger partial charge on any atom is 0.416 e. The van der Waals surface area contributed by atoms with Gasteiger partial charge in [0.25, 0.3) is 0 Å². The lowest BCUT2D eigenvalue weighted by atomic mass is 10.1. The van der Waals surface area contributed by atoms with Gasteiger partial charge in [0.1, 0.15) is 0 Å². The average Bonchev–Trinajstić information content (AvgIpc) is 2.81. The molecule has 1 heterocycles. The van der Waals surface area contributed by atoms with E-state index in [1.807, 2.05) is 0 Å². The summed E-state index contributed by atoms with van der Waals surface area (Å²) in [5.41, 5.74) is 0.362. The summed E-state index contributed by atoms with van der Waals surface area (Å²) < 4.78 is 70.9. The highest BCUT2D eigenvalue weighted by atomic mass is 32.2. The molecular formula is C22H25F3N2O5S. The minimum absolute atomic E-state index is 0.129. The Bertz CT molecular complexity index is 1010. The Morgan fingerprint density at radius 3 is 2.24 bits per heavy atom. The van der Waals surface area contributed by atoms with Crippen molar-refractivity contribution in [2.75, 3.05) is 18.8 Å². The minimum Gasteiger partial charge on any atom is -0.373 e. The molecule has 1 fully saturated rings. The van der Waals surface area contributed by atoms with Crippen LogP contribution >= 0.6 is 0 Å². The summed E-state index contributed by atoms with van der Waals surface area (Å²) in [6.07, 6.45) is -3.60. The topological polar surface area (TPSA) is 87.2 Å². The molecule has 1 amide bonds. The van der Waals surface area contributed by atoms with E-state index < -0.39 is 33.6 Å². The quantitative estimate of drug-likeness (QED) is 0.333. The highest BCUT2D eigenvalue weighted by Crippen LogP contribution is 2.29. The van der Waals surface area contributed by atoms with Gasteiger partial charge in [0, 0.05) is 13.1 Å². The lowest BCUT2D eigenvalue weighted by Gasteiger charge is -2.33. The van der Waals surface area contributed by atoms with Crippen LogP contribution in [0, 0.1) is 0 Å². The Kier molecular flexibility index (Phi) is 8.11. The van der Waals surface area contributed by atoms with E-state index >= 15 is 0 Å². The second-order valence-electron chi connectivity index (χ2n) is 7.79. The number of halogens is 3. The van der Waals surface area contributed by atoms with Crippen LogP contribution < -0.4 is 0 Å². The number of hydrogen-bond donors (Lipinski definition) is 1. The number of amides is 1. The van der Waals surface area contributed by atoms with Gasteiger partial charge in [0.15, 0.2) is 0 Å². The number of rotatable bonds is 9. The first-order chi connectivity index (χ1) is 15.6. The molecule has 1 aliphatic rings. The van der Waals surface area contributed by atoms with Crippen molar-refractivity contribution in [3.8, 4) is 0 Å². The highest BCUT2D eigenvalue weighted by Gasteiger charge is 2.33. The zero-order valence-electron chi connectivity index (χ0n) is 17.7. The number of nitrogens with zero attached hydrogens (tertiary/aromatic N) is 2. The van der Waals surface area contributed by atoms with Gasteiger partial charge in [-0.15, -0.1) is 0 Å². The van der Waals surface area contributed by atoms with Crippen LogP contribution in [-0.4, -0.2) is 54.3 Å². The molecule has 0 saturated carbocycles. The normalized spacial score (nSPS) is 17.0. The van der Waals surface area contributed by atoms with Crippen molar-refractivity contribution in [1.29, 1.82) is 0 Å². The Morgan fingerprint density at radius 1 is 1.09 bits per heavy atom. The molecule has 1 saturated heterocycles. The summed E-state index contributed by atoms with van der Waals surface area (Å²) in [6.45, 7) is 0.534. The van der Waals surface area contributed by atoms with E-state index in [4.69, 9.17) is 4.74 Å². The molecule has 3 rings (SSSR count). The molecule has 2 aromatic carbocycles. The molecule has 7 nitrogen and oxygen atoms in total. The van der Waals surface area contributed by atoms with Crippen molar-refractivity contribution in [3.05, 3.63) is 71.3 Å². The van der Waals surface area contributed by atoms with E-state index in [-0.39, 0.29) is 32.2 Å². The van der Waals surface area contributed by atoms with E-state index in [9.17, 15) is 31.6 Å². The Morgan fingerprint density at radius 2 is 1.70 bits per heavy atom. The third kappa shape index (κ3) is 6.76. The van der Waals surface area contributed by atoms with E-state index in [0.29, 0.717) is 29.0 Å². The molecular weight excluding hydrogens is 461 g/mol. The Labute approximate surface area is 190 Å². The van der Waals surface area contributed by atoms with Gasteiger partial charge >= 0.3 is 6.18 Å². The summed E-state index contributed by atoms with van der Waals surface area (Å²) in [4.78, 5) is 11.1. The van der Waals surface area contributed by atoms with Crippen LogP contribution in [0.25, 0.3) is 0 Å². The van der Waals surface area contributed by atoms with Crippen LogP contribution in [0.5, 0.6) is 0 Å². The number of sulfonamides is 1. The Balaban J connectivity index is 1.54. The number of piperidine rings is 1. The number of hydroxylamine groups is 2. The minimum atomic E-state index is -4.39. The molecule has 1 atom stereocenters. The lowest BCUT2D eigenvalue weighted by Crippen LogP contribution is -2.44. The largest absolute Gasteiger partial charge is 0.416 e. The van der Waals surface area contributed by atoms with Crippen molar-refractivity contribution < 1.29 is 36.3 Å². The van der Waals surface area contributed by atoms with E-state index in [2.05, 4.69) is 0 Å². The molecule has 1 unspecified atom stereocenters. The number of ether oxygens (including phenoxy) is 1. The Hall–Kier alpha value is -2.47. The molecule has 1 aliphatic heterocycles. The van der Waals surface area contributed by atoms with Crippen LogP contribution in [0.4, 0.5) is 13.2 Å². The zero-order valence-corrected chi connectivity index (χ0v) is 18.5. The molecule has 0 aliphatic carbocycles. The molecule has 0 radical (unpaired) electrons. The van der Waals surface area contributed by atoms with Crippen molar-refractivity contribution in [2.24, 2.45) is 0 Å². The number of benzene rings is 2. The van der Waals surface area contributed by atoms with Crippen LogP contribution in [0.2, 0.25) is 0 Å². The highest BCUT2D eigenvalue weighted by molar-refractivity contribution is 7.89. The fraction of sp³-hybridized carbons (Fsp3) is 0.409. The van der Waals surface area contributed by atoms with Gasteiger partial charge in [-0.1, -0.05) is 42.5 Å². The smallest absolute Gasteiger partial charge is 0.373 e. The number of hydrogen-bond acceptors (Lipinski definition) is 5. The van der Waals surface area contributed by atoms with Crippen molar-refractivity contribution in [3.63, 3.8) is 0 Å². The van der Waals surface area contributed by atoms with Crippen molar-refractivity contribution >= 4 is 16.4 Å². The summed E-state index contributed by atoms with van der Waals surface area (Å²) in [6, 6.07) is 12.1. The maximum absolute atomic E-state index is 12.9. The van der Waals surface area contributed by atoms with Gasteiger partial charge in [0.05, 0.1) is 30.1 Å². The van der Waals surface area contributed by atoms with Crippen molar-refractivity contribution in [1.82, 2.24) is 9.37 Å². The standard InChI is InChI=1S/C22H25F3N2O5S/c23-22(24,25)19-8-6-17(7-9-19)14-32-20-10-12-26(13-11-20)33(30,31)15-21(27(29)16-28)18-4-2-1-3-5-18/h1-9,16,20-21,29H,10-15H2. The average molecular weight is 487 g/mol. The third-order valence-corrected chi connectivity index (χ3v) is 7.43. The molecule has 1 N–H and O–H groups in total. The first-order valence-corrected chi connectivity index (χ1v) is 11.9. The number of alkyl halides is 3. The van der Waals surface area contributed by atoms with Gasteiger partial charge in [-0.3, -0.25) is 10.0 Å². The molecule has 2 aromatic rings. The molecule has 11 heteroatoms. The molecule has 33 heavy (non-hydrogen) atoms. The van der Waals surface area contributed by atoms with Crippen molar-refractivity contribution in [2.45, 2.75) is 37.8 Å². The zero-order chi connectivity index (χ0) is 24.1. The maximum atomic E-state index is 12.9. The third-order valence-electron chi connectivity index (χ3n) is 5.54. The lowest BCUT2D eigenvalue weighted by molar-refractivity contribution is -0.159. The number of carbonyl (C=O) groups is 1. The predicted octanol–water partition coefficient (Wildman–Crippen LogP) is 3.61.